The van der Waals surface area contributed by atoms with Crippen LogP contribution in [0.25, 0.3) is 10.9 Å². The highest BCUT2D eigenvalue weighted by atomic mass is 79.9. The van der Waals surface area contributed by atoms with E-state index in [2.05, 4.69) is 41.8 Å². The Hall–Kier alpha value is -0.480. The third-order valence-electron chi connectivity index (χ3n) is 1.53. The van der Waals surface area contributed by atoms with E-state index in [1.807, 2.05) is 24.3 Å². The Kier molecular flexibility index (Phi) is 2.11. The molecule has 4 heteroatoms. The number of hydrogen-bond acceptors (Lipinski definition) is 2. The number of rotatable bonds is 0. The van der Waals surface area contributed by atoms with Gasteiger partial charge in [0.2, 0.25) is 0 Å². The van der Waals surface area contributed by atoms with Gasteiger partial charge in [-0.1, -0.05) is 18.2 Å². The van der Waals surface area contributed by atoms with Crippen LogP contribution in [-0.4, -0.2) is 9.97 Å². The monoisotopic (exact) mass is 286 g/mol. The Morgan fingerprint density at radius 2 is 1.75 bits per heavy atom. The molecule has 12 heavy (non-hydrogen) atoms. The Balaban J connectivity index is 2.89. The number of aromatic nitrogens is 2. The summed E-state index contributed by atoms with van der Waals surface area (Å²) in [5, 5.41) is 1.03. The van der Waals surface area contributed by atoms with E-state index >= 15 is 0 Å². The molecule has 0 amide bonds. The lowest BCUT2D eigenvalue weighted by molar-refractivity contribution is 1.13. The van der Waals surface area contributed by atoms with Crippen LogP contribution in [0, 0.1) is 0 Å². The van der Waals surface area contributed by atoms with E-state index in [9.17, 15) is 0 Å². The van der Waals surface area contributed by atoms with E-state index in [0.29, 0.717) is 4.73 Å². The number of nitrogens with zero attached hydrogens (tertiary/aromatic N) is 2. The van der Waals surface area contributed by atoms with Gasteiger partial charge in [0.05, 0.1) is 5.52 Å². The fourth-order valence-corrected chi connectivity index (χ4v) is 2.12. The van der Waals surface area contributed by atoms with Gasteiger partial charge < -0.3 is 0 Å². The standard InChI is InChI=1S/C8H4Br2N2/c9-7-5-3-1-2-4-6(5)11-8(10)12-7/h1-4H. The smallest absolute Gasteiger partial charge is 0.198 e. The maximum atomic E-state index is 4.21. The Morgan fingerprint density at radius 3 is 2.58 bits per heavy atom. The molecule has 0 spiro atoms. The molecule has 0 unspecified atom stereocenters. The van der Waals surface area contributed by atoms with E-state index in [0.717, 1.165) is 15.5 Å². The number of benzene rings is 1. The second-order valence-corrected chi connectivity index (χ2v) is 3.76. The molecule has 0 aliphatic rings. The minimum atomic E-state index is 0.605. The van der Waals surface area contributed by atoms with Gasteiger partial charge >= 0.3 is 0 Å². The zero-order valence-corrected chi connectivity index (χ0v) is 9.13. The summed E-state index contributed by atoms with van der Waals surface area (Å²) in [6.45, 7) is 0. The van der Waals surface area contributed by atoms with Crippen LogP contribution >= 0.6 is 31.9 Å². The van der Waals surface area contributed by atoms with Gasteiger partial charge in [0.25, 0.3) is 0 Å². The van der Waals surface area contributed by atoms with Crippen LogP contribution in [0.5, 0.6) is 0 Å². The minimum Gasteiger partial charge on any atom is -0.222 e. The summed E-state index contributed by atoms with van der Waals surface area (Å²) in [5.74, 6) is 0. The second-order valence-electron chi connectivity index (χ2n) is 2.30. The topological polar surface area (TPSA) is 25.8 Å². The van der Waals surface area contributed by atoms with Crippen molar-refractivity contribution in [2.45, 2.75) is 0 Å². The maximum Gasteiger partial charge on any atom is 0.198 e. The third kappa shape index (κ3) is 1.36. The van der Waals surface area contributed by atoms with Crippen molar-refractivity contribution in [3.8, 4) is 0 Å². The van der Waals surface area contributed by atoms with Gasteiger partial charge in [-0.15, -0.1) is 0 Å². The molecule has 1 aromatic carbocycles. The Morgan fingerprint density at radius 1 is 1.00 bits per heavy atom. The zero-order valence-electron chi connectivity index (χ0n) is 5.96. The summed E-state index contributed by atoms with van der Waals surface area (Å²) in [4.78, 5) is 8.34. The van der Waals surface area contributed by atoms with Crippen LogP contribution in [0.2, 0.25) is 0 Å². The summed E-state index contributed by atoms with van der Waals surface area (Å²) in [6.07, 6.45) is 0. The molecule has 2 rings (SSSR count). The van der Waals surface area contributed by atoms with Crippen LogP contribution in [-0.2, 0) is 0 Å². The van der Waals surface area contributed by atoms with Crippen molar-refractivity contribution in [2.24, 2.45) is 0 Å². The van der Waals surface area contributed by atoms with E-state index in [-0.39, 0.29) is 0 Å². The van der Waals surface area contributed by atoms with E-state index < -0.39 is 0 Å². The fraction of sp³-hybridized carbons (Fsp3) is 0. The van der Waals surface area contributed by atoms with E-state index in [1.165, 1.54) is 0 Å². The quantitative estimate of drug-likeness (QED) is 0.549. The molecule has 0 N–H and O–H groups in total. The van der Waals surface area contributed by atoms with Gasteiger partial charge in [0, 0.05) is 5.39 Å². The van der Waals surface area contributed by atoms with E-state index in [4.69, 9.17) is 0 Å². The van der Waals surface area contributed by atoms with Crippen LogP contribution < -0.4 is 0 Å². The Bertz CT molecular complexity index is 428. The number of halogens is 2. The molecule has 2 aromatic rings. The third-order valence-corrected chi connectivity index (χ3v) is 2.49. The summed E-state index contributed by atoms with van der Waals surface area (Å²) >= 11 is 6.60. The molecule has 0 saturated heterocycles. The van der Waals surface area contributed by atoms with Crippen LogP contribution in [0.1, 0.15) is 0 Å². The SMILES string of the molecule is Brc1nc(Br)c2ccccc2n1. The van der Waals surface area contributed by atoms with Crippen molar-refractivity contribution in [1.29, 1.82) is 0 Å². The second kappa shape index (κ2) is 3.11. The van der Waals surface area contributed by atoms with Gasteiger partial charge in [-0.05, 0) is 37.9 Å². The first-order valence-electron chi connectivity index (χ1n) is 3.35. The molecule has 1 aromatic heterocycles. The predicted octanol–water partition coefficient (Wildman–Crippen LogP) is 3.15. The molecule has 0 bridgehead atoms. The lowest BCUT2D eigenvalue weighted by Gasteiger charge is -1.98. The molecule has 2 nitrogen and oxygen atoms in total. The van der Waals surface area contributed by atoms with Crippen molar-refractivity contribution >= 4 is 42.8 Å². The zero-order chi connectivity index (χ0) is 8.55. The minimum absolute atomic E-state index is 0.605. The fourth-order valence-electron chi connectivity index (χ4n) is 1.01. The highest BCUT2D eigenvalue weighted by molar-refractivity contribution is 9.11. The van der Waals surface area contributed by atoms with Crippen molar-refractivity contribution in [2.75, 3.05) is 0 Å². The van der Waals surface area contributed by atoms with E-state index in [1.54, 1.807) is 0 Å². The highest BCUT2D eigenvalue weighted by Gasteiger charge is 2.01. The Labute approximate surface area is 86.3 Å². The van der Waals surface area contributed by atoms with Gasteiger partial charge in [-0.2, -0.15) is 0 Å². The molecule has 0 fully saturated rings. The van der Waals surface area contributed by atoms with Crippen molar-refractivity contribution in [3.05, 3.63) is 33.6 Å². The van der Waals surface area contributed by atoms with Crippen LogP contribution in [0.4, 0.5) is 0 Å². The average Bonchev–Trinajstić information content (AvgIpc) is 2.04. The summed E-state index contributed by atoms with van der Waals surface area (Å²) in [6, 6.07) is 7.84. The number of fused-ring (bicyclic) bond motifs is 1. The molecule has 1 heterocycles. The lowest BCUT2D eigenvalue weighted by atomic mass is 10.2. The van der Waals surface area contributed by atoms with Crippen molar-refractivity contribution in [3.63, 3.8) is 0 Å². The molecule has 60 valence electrons. The molecule has 0 aliphatic heterocycles. The first-order chi connectivity index (χ1) is 5.77. The van der Waals surface area contributed by atoms with Crippen molar-refractivity contribution in [1.82, 2.24) is 9.97 Å². The normalized spacial score (nSPS) is 10.5. The molecule has 0 aliphatic carbocycles. The summed E-state index contributed by atoms with van der Waals surface area (Å²) < 4.78 is 1.42. The highest BCUT2D eigenvalue weighted by Crippen LogP contribution is 2.21. The van der Waals surface area contributed by atoms with Gasteiger partial charge in [0.1, 0.15) is 4.60 Å². The lowest BCUT2D eigenvalue weighted by Crippen LogP contribution is -1.85. The molecular formula is C8H4Br2N2. The molecule has 0 radical (unpaired) electrons. The van der Waals surface area contributed by atoms with Crippen LogP contribution in [0.15, 0.2) is 33.6 Å². The average molecular weight is 288 g/mol. The first-order valence-corrected chi connectivity index (χ1v) is 4.94. The van der Waals surface area contributed by atoms with Gasteiger partial charge in [-0.3, -0.25) is 0 Å². The summed E-state index contributed by atoms with van der Waals surface area (Å²) in [7, 11) is 0. The number of hydrogen-bond donors (Lipinski definition) is 0. The number of para-hydroxylation sites is 1. The van der Waals surface area contributed by atoms with Crippen molar-refractivity contribution < 1.29 is 0 Å². The molecule has 0 atom stereocenters. The predicted molar refractivity (Wildman–Crippen MR) is 54.9 cm³/mol. The largest absolute Gasteiger partial charge is 0.222 e. The summed E-state index contributed by atoms with van der Waals surface area (Å²) in [5.41, 5.74) is 0.936. The van der Waals surface area contributed by atoms with Gasteiger partial charge in [-0.25, -0.2) is 9.97 Å². The molecule has 0 saturated carbocycles. The van der Waals surface area contributed by atoms with Crippen LogP contribution in [0.3, 0.4) is 0 Å². The maximum absolute atomic E-state index is 4.21. The molecular weight excluding hydrogens is 284 g/mol. The first kappa shape index (κ1) is 8.13. The van der Waals surface area contributed by atoms with Gasteiger partial charge in [0.15, 0.2) is 4.73 Å².